The number of rotatable bonds is 3. The molecule has 1 aliphatic heterocycles. The van der Waals surface area contributed by atoms with Gasteiger partial charge in [-0.2, -0.15) is 9.61 Å². The first-order valence-electron chi connectivity index (χ1n) is 7.30. The van der Waals surface area contributed by atoms with Gasteiger partial charge in [-0.1, -0.05) is 24.7 Å². The Kier molecular flexibility index (Phi) is 3.85. The summed E-state index contributed by atoms with van der Waals surface area (Å²) < 4.78 is 1.42. The maximum Gasteiger partial charge on any atom is 0.275 e. The summed E-state index contributed by atoms with van der Waals surface area (Å²) in [4.78, 5) is 19.8. The smallest absolute Gasteiger partial charge is 0.275 e. The highest BCUT2D eigenvalue weighted by atomic mass is 32.1. The van der Waals surface area contributed by atoms with E-state index in [2.05, 4.69) is 21.9 Å². The van der Waals surface area contributed by atoms with Gasteiger partial charge in [-0.05, 0) is 32.7 Å². The number of likely N-dealkylation sites (tertiary alicyclic amines) is 1. The normalized spacial score (nSPS) is 20.6. The fourth-order valence-corrected chi connectivity index (χ4v) is 3.58. The number of aryl methyl sites for hydroxylation is 1. The van der Waals surface area contributed by atoms with Crippen molar-refractivity contribution in [2.75, 3.05) is 6.54 Å². The van der Waals surface area contributed by atoms with Gasteiger partial charge in [-0.3, -0.25) is 9.69 Å². The molecule has 1 atom stereocenters. The highest BCUT2D eigenvalue weighted by Gasteiger charge is 2.19. The third kappa shape index (κ3) is 2.62. The zero-order chi connectivity index (χ0) is 14.1. The summed E-state index contributed by atoms with van der Waals surface area (Å²) in [5.41, 5.74) is 0.806. The molecule has 108 valence electrons. The van der Waals surface area contributed by atoms with Gasteiger partial charge >= 0.3 is 0 Å². The van der Waals surface area contributed by atoms with Crippen LogP contribution in [0.2, 0.25) is 0 Å². The SMILES string of the molecule is CCc1nn2c(=O)cc(CN3CCCC[C@@H]3C)nc2s1. The van der Waals surface area contributed by atoms with Crippen molar-refractivity contribution < 1.29 is 0 Å². The maximum absolute atomic E-state index is 12.1. The van der Waals surface area contributed by atoms with E-state index < -0.39 is 0 Å². The molecule has 1 saturated heterocycles. The van der Waals surface area contributed by atoms with Gasteiger partial charge in [0.05, 0.1) is 5.69 Å². The Hall–Kier alpha value is -1.27. The number of hydrogen-bond acceptors (Lipinski definition) is 5. The summed E-state index contributed by atoms with van der Waals surface area (Å²) in [6.07, 6.45) is 4.63. The topological polar surface area (TPSA) is 50.5 Å². The summed E-state index contributed by atoms with van der Waals surface area (Å²) in [5.74, 6) is 0. The van der Waals surface area contributed by atoms with E-state index in [1.54, 1.807) is 6.07 Å². The van der Waals surface area contributed by atoms with Crippen LogP contribution in [-0.2, 0) is 13.0 Å². The van der Waals surface area contributed by atoms with Crippen molar-refractivity contribution in [2.24, 2.45) is 0 Å². The van der Waals surface area contributed by atoms with Crippen LogP contribution in [0.25, 0.3) is 4.96 Å². The van der Waals surface area contributed by atoms with Crippen molar-refractivity contribution in [1.82, 2.24) is 19.5 Å². The number of piperidine rings is 1. The Morgan fingerprint density at radius 1 is 1.45 bits per heavy atom. The van der Waals surface area contributed by atoms with Gasteiger partial charge in [0.25, 0.3) is 5.56 Å². The summed E-state index contributed by atoms with van der Waals surface area (Å²) in [6, 6.07) is 2.21. The Labute approximate surface area is 122 Å². The predicted octanol–water partition coefficient (Wildman–Crippen LogP) is 2.09. The molecule has 6 heteroatoms. The monoisotopic (exact) mass is 292 g/mol. The predicted molar refractivity (Wildman–Crippen MR) is 80.2 cm³/mol. The van der Waals surface area contributed by atoms with E-state index in [1.807, 2.05) is 6.92 Å². The van der Waals surface area contributed by atoms with Gasteiger partial charge in [-0.25, -0.2) is 4.98 Å². The average molecular weight is 292 g/mol. The molecule has 0 aromatic carbocycles. The summed E-state index contributed by atoms with van der Waals surface area (Å²) in [5, 5.41) is 5.24. The Morgan fingerprint density at radius 3 is 3.05 bits per heavy atom. The van der Waals surface area contributed by atoms with Crippen LogP contribution in [0.3, 0.4) is 0 Å². The van der Waals surface area contributed by atoms with Crippen molar-refractivity contribution >= 4 is 16.3 Å². The first-order chi connectivity index (χ1) is 9.67. The lowest BCUT2D eigenvalue weighted by Gasteiger charge is -2.32. The van der Waals surface area contributed by atoms with E-state index in [0.717, 1.165) is 30.2 Å². The highest BCUT2D eigenvalue weighted by Crippen LogP contribution is 2.19. The average Bonchev–Trinajstić information content (AvgIpc) is 2.85. The van der Waals surface area contributed by atoms with E-state index >= 15 is 0 Å². The van der Waals surface area contributed by atoms with Crippen LogP contribution in [0.5, 0.6) is 0 Å². The molecule has 3 heterocycles. The fourth-order valence-electron chi connectivity index (χ4n) is 2.72. The molecule has 0 bridgehead atoms. The van der Waals surface area contributed by atoms with E-state index in [-0.39, 0.29) is 5.56 Å². The van der Waals surface area contributed by atoms with E-state index in [0.29, 0.717) is 11.0 Å². The molecular weight excluding hydrogens is 272 g/mol. The zero-order valence-corrected chi connectivity index (χ0v) is 12.8. The van der Waals surface area contributed by atoms with Crippen LogP contribution >= 0.6 is 11.3 Å². The number of fused-ring (bicyclic) bond motifs is 1. The largest absolute Gasteiger partial charge is 0.295 e. The minimum absolute atomic E-state index is 0.0642. The molecule has 3 rings (SSSR count). The standard InChI is InChI=1S/C14H20N4OS/c1-3-12-16-18-13(19)8-11(15-14(18)20-12)9-17-7-5-4-6-10(17)2/h8,10H,3-7,9H2,1-2H3/t10-/m0/s1. The van der Waals surface area contributed by atoms with E-state index in [4.69, 9.17) is 0 Å². The van der Waals surface area contributed by atoms with Gasteiger partial charge in [0.1, 0.15) is 5.01 Å². The highest BCUT2D eigenvalue weighted by molar-refractivity contribution is 7.16. The molecule has 5 nitrogen and oxygen atoms in total. The molecule has 1 aliphatic rings. The lowest BCUT2D eigenvalue weighted by atomic mass is 10.0. The zero-order valence-electron chi connectivity index (χ0n) is 12.0. The quantitative estimate of drug-likeness (QED) is 0.869. The van der Waals surface area contributed by atoms with E-state index in [9.17, 15) is 4.79 Å². The lowest BCUT2D eigenvalue weighted by molar-refractivity contribution is 0.151. The molecule has 0 radical (unpaired) electrons. The van der Waals surface area contributed by atoms with Crippen LogP contribution in [0.4, 0.5) is 0 Å². The molecule has 0 N–H and O–H groups in total. The molecule has 2 aromatic rings. The molecule has 20 heavy (non-hydrogen) atoms. The Balaban J connectivity index is 1.90. The molecular formula is C14H20N4OS. The maximum atomic E-state index is 12.1. The first-order valence-corrected chi connectivity index (χ1v) is 8.11. The fraction of sp³-hybridized carbons (Fsp3) is 0.643. The van der Waals surface area contributed by atoms with Crippen molar-refractivity contribution in [1.29, 1.82) is 0 Å². The van der Waals surface area contributed by atoms with Crippen LogP contribution in [0.1, 0.15) is 43.8 Å². The molecule has 0 amide bonds. The molecule has 0 spiro atoms. The second-order valence-corrected chi connectivity index (χ2v) is 6.49. The third-order valence-electron chi connectivity index (χ3n) is 3.95. The summed E-state index contributed by atoms with van der Waals surface area (Å²) in [6.45, 7) is 6.17. The number of hydrogen-bond donors (Lipinski definition) is 0. The molecule has 1 fully saturated rings. The first kappa shape index (κ1) is 13.7. The van der Waals surface area contributed by atoms with Gasteiger partial charge < -0.3 is 0 Å². The van der Waals surface area contributed by atoms with Crippen molar-refractivity contribution in [3.05, 3.63) is 27.1 Å². The Morgan fingerprint density at radius 2 is 2.30 bits per heavy atom. The lowest BCUT2D eigenvalue weighted by Crippen LogP contribution is -2.37. The molecule has 0 aliphatic carbocycles. The summed E-state index contributed by atoms with van der Waals surface area (Å²) >= 11 is 1.51. The van der Waals surface area contributed by atoms with Crippen LogP contribution in [-0.4, -0.2) is 32.1 Å². The van der Waals surface area contributed by atoms with Gasteiger partial charge in [0.15, 0.2) is 0 Å². The Bertz CT molecular complexity index is 663. The third-order valence-corrected chi connectivity index (χ3v) is 5.00. The summed E-state index contributed by atoms with van der Waals surface area (Å²) in [7, 11) is 0. The molecule has 0 saturated carbocycles. The van der Waals surface area contributed by atoms with Gasteiger partial charge in [-0.15, -0.1) is 0 Å². The van der Waals surface area contributed by atoms with Crippen LogP contribution in [0, 0.1) is 0 Å². The molecule has 2 aromatic heterocycles. The minimum Gasteiger partial charge on any atom is -0.295 e. The molecule has 0 unspecified atom stereocenters. The van der Waals surface area contributed by atoms with Gasteiger partial charge in [0, 0.05) is 18.7 Å². The second-order valence-electron chi connectivity index (χ2n) is 5.44. The second kappa shape index (κ2) is 5.61. The van der Waals surface area contributed by atoms with E-state index in [1.165, 1.54) is 35.1 Å². The van der Waals surface area contributed by atoms with Crippen LogP contribution < -0.4 is 5.56 Å². The van der Waals surface area contributed by atoms with Crippen molar-refractivity contribution in [2.45, 2.75) is 52.1 Å². The number of aromatic nitrogens is 3. The van der Waals surface area contributed by atoms with Crippen molar-refractivity contribution in [3.8, 4) is 0 Å². The number of nitrogens with zero attached hydrogens (tertiary/aromatic N) is 4. The van der Waals surface area contributed by atoms with Gasteiger partial charge in [0.2, 0.25) is 4.96 Å². The minimum atomic E-state index is -0.0642. The van der Waals surface area contributed by atoms with Crippen LogP contribution in [0.15, 0.2) is 10.9 Å². The van der Waals surface area contributed by atoms with Crippen molar-refractivity contribution in [3.63, 3.8) is 0 Å².